The molecule has 2 nitrogen and oxygen atoms in total. The van der Waals surface area contributed by atoms with E-state index in [1.165, 1.54) is 0 Å². The number of hydrogen-bond donors (Lipinski definition) is 1. The summed E-state index contributed by atoms with van der Waals surface area (Å²) in [5.74, 6) is 1.84. The maximum Gasteiger partial charge on any atom is 0.134 e. The molecule has 1 aromatic heterocycles. The molecule has 0 radical (unpaired) electrons. The Hall–Kier alpha value is -0.960. The number of hydrogen-bond acceptors (Lipinski definition) is 2. The molecule has 104 valence electrons. The van der Waals surface area contributed by atoms with E-state index in [1.807, 2.05) is 36.4 Å². The molecule has 0 aliphatic carbocycles. The normalized spacial score (nSPS) is 11.9. The fourth-order valence-electron chi connectivity index (χ4n) is 1.66. The van der Waals surface area contributed by atoms with E-state index in [0.29, 0.717) is 6.04 Å². The van der Waals surface area contributed by atoms with Crippen LogP contribution in [0.1, 0.15) is 26.0 Å². The van der Waals surface area contributed by atoms with Crippen LogP contribution in [0.4, 0.5) is 0 Å². The molecule has 0 fully saturated rings. The minimum atomic E-state index is 0. The molecule has 0 spiro atoms. The third-order valence-electron chi connectivity index (χ3n) is 3.03. The summed E-state index contributed by atoms with van der Waals surface area (Å²) in [6.07, 6.45) is 1.12. The fourth-order valence-corrected chi connectivity index (χ4v) is 1.79. The Morgan fingerprint density at radius 3 is 2.47 bits per heavy atom. The highest BCUT2D eigenvalue weighted by Crippen LogP contribution is 2.23. The predicted molar refractivity (Wildman–Crippen MR) is 83.0 cm³/mol. The standard InChI is InChI=1S/C15H18ClNO.ClH/c1-3-11(2)17-10-14-8-9-15(18-14)12-4-6-13(16)7-5-12;/h4-9,11,17H,3,10H2,1-2H3;1H. The minimum absolute atomic E-state index is 0. The molecule has 1 aromatic carbocycles. The number of rotatable bonds is 5. The second-order valence-electron chi connectivity index (χ2n) is 4.46. The van der Waals surface area contributed by atoms with Crippen molar-refractivity contribution in [2.75, 3.05) is 0 Å². The van der Waals surface area contributed by atoms with Crippen LogP contribution in [0.3, 0.4) is 0 Å². The molecule has 4 heteroatoms. The van der Waals surface area contributed by atoms with E-state index < -0.39 is 0 Å². The van der Waals surface area contributed by atoms with Gasteiger partial charge in [0.15, 0.2) is 0 Å². The van der Waals surface area contributed by atoms with Crippen LogP contribution in [-0.4, -0.2) is 6.04 Å². The molecule has 0 saturated heterocycles. The quantitative estimate of drug-likeness (QED) is 0.848. The van der Waals surface area contributed by atoms with Crippen LogP contribution in [0.2, 0.25) is 5.02 Å². The lowest BCUT2D eigenvalue weighted by Crippen LogP contribution is -2.24. The van der Waals surface area contributed by atoms with E-state index in [9.17, 15) is 0 Å². The van der Waals surface area contributed by atoms with Gasteiger partial charge in [-0.3, -0.25) is 0 Å². The van der Waals surface area contributed by atoms with Gasteiger partial charge >= 0.3 is 0 Å². The minimum Gasteiger partial charge on any atom is -0.460 e. The molecule has 1 unspecified atom stereocenters. The molecule has 0 aliphatic heterocycles. The van der Waals surface area contributed by atoms with E-state index in [2.05, 4.69) is 19.2 Å². The van der Waals surface area contributed by atoms with E-state index in [-0.39, 0.29) is 12.4 Å². The van der Waals surface area contributed by atoms with Gasteiger partial charge in [0.25, 0.3) is 0 Å². The summed E-state index contributed by atoms with van der Waals surface area (Å²) in [6, 6.07) is 12.2. The topological polar surface area (TPSA) is 25.2 Å². The van der Waals surface area contributed by atoms with Gasteiger partial charge in [-0.2, -0.15) is 0 Å². The molecule has 0 bridgehead atoms. The molecular weight excluding hydrogens is 281 g/mol. The summed E-state index contributed by atoms with van der Waals surface area (Å²) < 4.78 is 5.80. The van der Waals surface area contributed by atoms with Crippen molar-refractivity contribution in [3.8, 4) is 11.3 Å². The van der Waals surface area contributed by atoms with Crippen molar-refractivity contribution in [3.63, 3.8) is 0 Å². The second-order valence-corrected chi connectivity index (χ2v) is 4.90. The summed E-state index contributed by atoms with van der Waals surface area (Å²) in [5.41, 5.74) is 1.05. The molecular formula is C15H19Cl2NO. The van der Waals surface area contributed by atoms with Crippen molar-refractivity contribution in [2.24, 2.45) is 0 Å². The lowest BCUT2D eigenvalue weighted by atomic mass is 10.2. The molecule has 2 rings (SSSR count). The lowest BCUT2D eigenvalue weighted by Gasteiger charge is -2.08. The number of benzene rings is 1. The predicted octanol–water partition coefficient (Wildman–Crippen LogP) is 4.91. The Labute approximate surface area is 125 Å². The largest absolute Gasteiger partial charge is 0.460 e. The van der Waals surface area contributed by atoms with Gasteiger partial charge in [-0.25, -0.2) is 0 Å². The smallest absolute Gasteiger partial charge is 0.134 e. The van der Waals surface area contributed by atoms with Crippen molar-refractivity contribution in [3.05, 3.63) is 47.2 Å². The van der Waals surface area contributed by atoms with Gasteiger partial charge in [0.1, 0.15) is 11.5 Å². The number of nitrogens with one attached hydrogen (secondary N) is 1. The third kappa shape index (κ3) is 4.57. The van der Waals surface area contributed by atoms with Gasteiger partial charge in [0.05, 0.1) is 6.54 Å². The first-order chi connectivity index (χ1) is 8.69. The molecule has 19 heavy (non-hydrogen) atoms. The maximum atomic E-state index is 5.86. The first-order valence-corrected chi connectivity index (χ1v) is 6.65. The SMILES string of the molecule is CCC(C)NCc1ccc(-c2ccc(Cl)cc2)o1.Cl. The third-order valence-corrected chi connectivity index (χ3v) is 3.28. The molecule has 2 aromatic rings. The van der Waals surface area contributed by atoms with Gasteiger partial charge in [-0.05, 0) is 49.7 Å². The summed E-state index contributed by atoms with van der Waals surface area (Å²) in [4.78, 5) is 0. The van der Waals surface area contributed by atoms with Crippen molar-refractivity contribution < 1.29 is 4.42 Å². The lowest BCUT2D eigenvalue weighted by molar-refractivity contribution is 0.457. The van der Waals surface area contributed by atoms with Crippen LogP contribution in [0.15, 0.2) is 40.8 Å². The zero-order valence-electron chi connectivity index (χ0n) is 11.2. The van der Waals surface area contributed by atoms with Crippen LogP contribution in [0, 0.1) is 0 Å². The molecule has 1 N–H and O–H groups in total. The van der Waals surface area contributed by atoms with Crippen molar-refractivity contribution in [1.82, 2.24) is 5.32 Å². The number of halogens is 2. The zero-order chi connectivity index (χ0) is 13.0. The average Bonchev–Trinajstić information content (AvgIpc) is 2.85. The highest BCUT2D eigenvalue weighted by Gasteiger charge is 2.05. The zero-order valence-corrected chi connectivity index (χ0v) is 12.7. The van der Waals surface area contributed by atoms with E-state index in [0.717, 1.165) is 35.1 Å². The molecule has 1 atom stereocenters. The van der Waals surface area contributed by atoms with E-state index in [1.54, 1.807) is 0 Å². The highest BCUT2D eigenvalue weighted by molar-refractivity contribution is 6.30. The Balaban J connectivity index is 0.00000180. The van der Waals surface area contributed by atoms with E-state index in [4.69, 9.17) is 16.0 Å². The fraction of sp³-hybridized carbons (Fsp3) is 0.333. The van der Waals surface area contributed by atoms with Crippen molar-refractivity contribution >= 4 is 24.0 Å². The van der Waals surface area contributed by atoms with Crippen LogP contribution in [-0.2, 0) is 6.54 Å². The Morgan fingerprint density at radius 2 is 1.84 bits per heavy atom. The Kier molecular flexibility index (Phi) is 6.43. The van der Waals surface area contributed by atoms with Crippen LogP contribution in [0.25, 0.3) is 11.3 Å². The van der Waals surface area contributed by atoms with Crippen molar-refractivity contribution in [2.45, 2.75) is 32.9 Å². The van der Waals surface area contributed by atoms with Gasteiger partial charge in [-0.1, -0.05) is 18.5 Å². The summed E-state index contributed by atoms with van der Waals surface area (Å²) in [7, 11) is 0. The summed E-state index contributed by atoms with van der Waals surface area (Å²) in [5, 5.41) is 4.15. The first-order valence-electron chi connectivity index (χ1n) is 6.27. The monoisotopic (exact) mass is 299 g/mol. The highest BCUT2D eigenvalue weighted by atomic mass is 35.5. The van der Waals surface area contributed by atoms with Crippen LogP contribution >= 0.6 is 24.0 Å². The Morgan fingerprint density at radius 1 is 1.16 bits per heavy atom. The second kappa shape index (κ2) is 7.59. The average molecular weight is 300 g/mol. The van der Waals surface area contributed by atoms with Crippen LogP contribution < -0.4 is 5.32 Å². The maximum absolute atomic E-state index is 5.86. The first kappa shape index (κ1) is 16.1. The van der Waals surface area contributed by atoms with E-state index >= 15 is 0 Å². The van der Waals surface area contributed by atoms with Gasteiger partial charge in [0, 0.05) is 16.6 Å². The molecule has 0 amide bonds. The van der Waals surface area contributed by atoms with Crippen LogP contribution in [0.5, 0.6) is 0 Å². The summed E-state index contributed by atoms with van der Waals surface area (Å²) >= 11 is 5.86. The number of furan rings is 1. The Bertz CT molecular complexity index is 493. The molecule has 0 saturated carbocycles. The molecule has 0 aliphatic rings. The van der Waals surface area contributed by atoms with Gasteiger partial charge in [-0.15, -0.1) is 12.4 Å². The van der Waals surface area contributed by atoms with Crippen molar-refractivity contribution in [1.29, 1.82) is 0 Å². The summed E-state index contributed by atoms with van der Waals surface area (Å²) in [6.45, 7) is 5.10. The molecule has 1 heterocycles. The van der Waals surface area contributed by atoms with Gasteiger partial charge in [0.2, 0.25) is 0 Å². The van der Waals surface area contributed by atoms with Gasteiger partial charge < -0.3 is 9.73 Å².